The minimum Gasteiger partial charge on any atom is -0.504 e. The largest absolute Gasteiger partial charge is 0.504 e. The second kappa shape index (κ2) is 4.91. The number of phenolic OH excluding ortho intramolecular Hbond substituents is 1. The summed E-state index contributed by atoms with van der Waals surface area (Å²) in [7, 11) is 1.89. The molecule has 0 spiro atoms. The summed E-state index contributed by atoms with van der Waals surface area (Å²) in [5.74, 6) is 0.650. The smallest absolute Gasteiger partial charge is 0.161 e. The normalized spacial score (nSPS) is 10.5. The molecule has 1 aromatic heterocycles. The zero-order chi connectivity index (χ0) is 12.3. The van der Waals surface area contributed by atoms with Crippen LogP contribution in [0.5, 0.6) is 11.5 Å². The maximum Gasteiger partial charge on any atom is 0.161 e. The second-order valence-corrected chi connectivity index (χ2v) is 3.86. The number of hydrogen-bond donors (Lipinski definition) is 1. The van der Waals surface area contributed by atoms with Crippen LogP contribution in [0.25, 0.3) is 0 Å². The molecular formula is C13H16N2O2. The lowest BCUT2D eigenvalue weighted by Gasteiger charge is -2.07. The first-order valence-electron chi connectivity index (χ1n) is 5.63. The van der Waals surface area contributed by atoms with Crippen molar-refractivity contribution in [3.05, 3.63) is 41.7 Å². The van der Waals surface area contributed by atoms with E-state index in [4.69, 9.17) is 4.74 Å². The Bertz CT molecular complexity index is 506. The van der Waals surface area contributed by atoms with Crippen molar-refractivity contribution in [2.75, 3.05) is 0 Å². The van der Waals surface area contributed by atoms with Crippen molar-refractivity contribution in [2.24, 2.45) is 7.05 Å². The van der Waals surface area contributed by atoms with Crippen LogP contribution in [0.1, 0.15) is 18.3 Å². The van der Waals surface area contributed by atoms with E-state index in [-0.39, 0.29) is 5.75 Å². The highest BCUT2D eigenvalue weighted by atomic mass is 16.5. The molecule has 4 nitrogen and oxygen atoms in total. The number of hydrogen-bond acceptors (Lipinski definition) is 3. The number of rotatable bonds is 4. The maximum atomic E-state index is 9.56. The number of phenols is 1. The molecule has 2 rings (SSSR count). The highest BCUT2D eigenvalue weighted by Crippen LogP contribution is 2.25. The molecule has 1 N–H and O–H groups in total. The fraction of sp³-hybridized carbons (Fsp3) is 0.308. The molecule has 0 unspecified atom stereocenters. The molecule has 0 aliphatic heterocycles. The maximum absolute atomic E-state index is 9.56. The number of ether oxygens (including phenoxy) is 1. The average molecular weight is 232 g/mol. The first kappa shape index (κ1) is 11.5. The zero-order valence-corrected chi connectivity index (χ0v) is 10.1. The van der Waals surface area contributed by atoms with Gasteiger partial charge in [-0.15, -0.1) is 0 Å². The van der Waals surface area contributed by atoms with Crippen LogP contribution in [0.2, 0.25) is 0 Å². The van der Waals surface area contributed by atoms with E-state index >= 15 is 0 Å². The summed E-state index contributed by atoms with van der Waals surface area (Å²) in [6, 6.07) is 8.96. The van der Waals surface area contributed by atoms with E-state index in [2.05, 4.69) is 12.0 Å². The first-order chi connectivity index (χ1) is 8.20. The monoisotopic (exact) mass is 232 g/mol. The van der Waals surface area contributed by atoms with Gasteiger partial charge in [0, 0.05) is 7.05 Å². The summed E-state index contributed by atoms with van der Waals surface area (Å²) in [5.41, 5.74) is 2.04. The lowest BCUT2D eigenvalue weighted by atomic mass is 10.3. The van der Waals surface area contributed by atoms with E-state index in [1.807, 2.05) is 19.2 Å². The van der Waals surface area contributed by atoms with Gasteiger partial charge in [-0.2, -0.15) is 5.10 Å². The molecule has 1 heterocycles. The quantitative estimate of drug-likeness (QED) is 0.879. The highest BCUT2D eigenvalue weighted by Gasteiger charge is 2.06. The summed E-state index contributed by atoms with van der Waals surface area (Å²) in [5, 5.41) is 13.9. The van der Waals surface area contributed by atoms with Crippen LogP contribution in [0.4, 0.5) is 0 Å². The number of aromatic hydroxyl groups is 1. The zero-order valence-electron chi connectivity index (χ0n) is 10.1. The van der Waals surface area contributed by atoms with Crippen molar-refractivity contribution >= 4 is 0 Å². The van der Waals surface area contributed by atoms with Crippen molar-refractivity contribution in [3.8, 4) is 11.5 Å². The third-order valence-electron chi connectivity index (χ3n) is 2.63. The van der Waals surface area contributed by atoms with Gasteiger partial charge in [0.25, 0.3) is 0 Å². The topological polar surface area (TPSA) is 47.3 Å². The van der Waals surface area contributed by atoms with Crippen LogP contribution in [0, 0.1) is 0 Å². The lowest BCUT2D eigenvalue weighted by molar-refractivity contribution is 0.279. The van der Waals surface area contributed by atoms with Crippen LogP contribution in [0.15, 0.2) is 30.3 Å². The average Bonchev–Trinajstić information content (AvgIpc) is 2.69. The second-order valence-electron chi connectivity index (χ2n) is 3.86. The predicted octanol–water partition coefficient (Wildman–Crippen LogP) is 2.27. The minimum absolute atomic E-state index is 0.158. The Kier molecular flexibility index (Phi) is 3.32. The summed E-state index contributed by atoms with van der Waals surface area (Å²) in [6.07, 6.45) is 0.907. The SMILES string of the molecule is CCc1cc(COc2ccccc2O)n(C)n1. The lowest BCUT2D eigenvalue weighted by Crippen LogP contribution is -2.03. The Morgan fingerprint density at radius 1 is 1.35 bits per heavy atom. The van der Waals surface area contributed by atoms with E-state index in [1.165, 1.54) is 0 Å². The van der Waals surface area contributed by atoms with Crippen LogP contribution >= 0.6 is 0 Å². The van der Waals surface area contributed by atoms with Gasteiger partial charge in [-0.25, -0.2) is 0 Å². The van der Waals surface area contributed by atoms with Gasteiger partial charge in [-0.3, -0.25) is 4.68 Å². The molecule has 0 atom stereocenters. The Morgan fingerprint density at radius 2 is 2.12 bits per heavy atom. The van der Waals surface area contributed by atoms with Crippen LogP contribution in [-0.2, 0) is 20.1 Å². The van der Waals surface area contributed by atoms with Gasteiger partial charge in [0.1, 0.15) is 6.61 Å². The molecule has 1 aromatic carbocycles. The first-order valence-corrected chi connectivity index (χ1v) is 5.63. The summed E-state index contributed by atoms with van der Waals surface area (Å²) in [4.78, 5) is 0. The molecule has 2 aromatic rings. The number of aryl methyl sites for hydroxylation is 2. The fourth-order valence-electron chi connectivity index (χ4n) is 1.61. The molecule has 90 valence electrons. The Hall–Kier alpha value is -1.97. The van der Waals surface area contributed by atoms with Gasteiger partial charge in [0.05, 0.1) is 11.4 Å². The van der Waals surface area contributed by atoms with Gasteiger partial charge in [0.15, 0.2) is 11.5 Å². The Morgan fingerprint density at radius 3 is 2.76 bits per heavy atom. The van der Waals surface area contributed by atoms with E-state index in [9.17, 15) is 5.11 Å². The third kappa shape index (κ3) is 2.58. The van der Waals surface area contributed by atoms with Gasteiger partial charge in [0.2, 0.25) is 0 Å². The number of nitrogens with zero attached hydrogens (tertiary/aromatic N) is 2. The number of para-hydroxylation sites is 2. The van der Waals surface area contributed by atoms with E-state index in [0.29, 0.717) is 12.4 Å². The van der Waals surface area contributed by atoms with Crippen LogP contribution in [0.3, 0.4) is 0 Å². The predicted molar refractivity (Wildman–Crippen MR) is 65.0 cm³/mol. The molecule has 0 aliphatic carbocycles. The highest BCUT2D eigenvalue weighted by molar-refractivity contribution is 5.38. The number of aromatic nitrogens is 2. The molecule has 0 saturated carbocycles. The summed E-state index contributed by atoms with van der Waals surface area (Å²) < 4.78 is 7.36. The minimum atomic E-state index is 0.158. The van der Waals surface area contributed by atoms with Crippen molar-refractivity contribution in [2.45, 2.75) is 20.0 Å². The Labute approximate surface area is 100 Å². The van der Waals surface area contributed by atoms with Crippen molar-refractivity contribution < 1.29 is 9.84 Å². The molecule has 0 fully saturated rings. The van der Waals surface area contributed by atoms with Gasteiger partial charge < -0.3 is 9.84 Å². The van der Waals surface area contributed by atoms with Crippen LogP contribution < -0.4 is 4.74 Å². The third-order valence-corrected chi connectivity index (χ3v) is 2.63. The standard InChI is InChI=1S/C13H16N2O2/c1-3-10-8-11(15(2)14-10)9-17-13-7-5-4-6-12(13)16/h4-8,16H,3,9H2,1-2H3. The Balaban J connectivity index is 2.07. The van der Waals surface area contributed by atoms with Crippen molar-refractivity contribution in [1.82, 2.24) is 9.78 Å². The van der Waals surface area contributed by atoms with Gasteiger partial charge in [-0.05, 0) is 24.6 Å². The molecule has 0 saturated heterocycles. The summed E-state index contributed by atoms with van der Waals surface area (Å²) in [6.45, 7) is 2.47. The molecule has 4 heteroatoms. The van der Waals surface area contributed by atoms with Gasteiger partial charge >= 0.3 is 0 Å². The van der Waals surface area contributed by atoms with Gasteiger partial charge in [-0.1, -0.05) is 19.1 Å². The molecule has 0 amide bonds. The molecular weight excluding hydrogens is 216 g/mol. The molecule has 0 radical (unpaired) electrons. The number of benzene rings is 1. The molecule has 0 aliphatic rings. The van der Waals surface area contributed by atoms with E-state index < -0.39 is 0 Å². The van der Waals surface area contributed by atoms with Crippen LogP contribution in [-0.4, -0.2) is 14.9 Å². The molecule has 17 heavy (non-hydrogen) atoms. The summed E-state index contributed by atoms with van der Waals surface area (Å²) >= 11 is 0. The fourth-order valence-corrected chi connectivity index (χ4v) is 1.61. The van der Waals surface area contributed by atoms with E-state index in [1.54, 1.807) is 22.9 Å². The van der Waals surface area contributed by atoms with Crippen molar-refractivity contribution in [1.29, 1.82) is 0 Å². The van der Waals surface area contributed by atoms with Crippen molar-refractivity contribution in [3.63, 3.8) is 0 Å². The van der Waals surface area contributed by atoms with E-state index in [0.717, 1.165) is 17.8 Å². The molecule has 0 bridgehead atoms.